The third-order valence-electron chi connectivity index (χ3n) is 2.17. The first-order valence-electron chi connectivity index (χ1n) is 5.15. The zero-order chi connectivity index (χ0) is 12.0. The average Bonchev–Trinajstić information content (AvgIpc) is 2.29. The second kappa shape index (κ2) is 6.55. The van der Waals surface area contributed by atoms with E-state index in [2.05, 4.69) is 0 Å². The molecule has 0 saturated heterocycles. The van der Waals surface area contributed by atoms with Crippen molar-refractivity contribution in [2.24, 2.45) is 0 Å². The van der Waals surface area contributed by atoms with Gasteiger partial charge in [0.25, 0.3) is 0 Å². The minimum atomic E-state index is -0.782. The molecule has 0 spiro atoms. The fourth-order valence-corrected chi connectivity index (χ4v) is 1.73. The van der Waals surface area contributed by atoms with Gasteiger partial charge in [0, 0.05) is 4.90 Å². The number of carbonyl (C=O) groups excluding carboxylic acids is 1. The third kappa shape index (κ3) is 3.87. The van der Waals surface area contributed by atoms with Crippen LogP contribution in [0, 0.1) is 0 Å². The minimum absolute atomic E-state index is 0.00640. The molecule has 1 rings (SSSR count). The largest absolute Gasteiger partial charge is 0.466 e. The Morgan fingerprint density at radius 1 is 1.44 bits per heavy atom. The van der Waals surface area contributed by atoms with Crippen molar-refractivity contribution in [3.05, 3.63) is 29.8 Å². The highest BCUT2D eigenvalue weighted by atomic mass is 32.2. The molecule has 0 aromatic heterocycles. The van der Waals surface area contributed by atoms with Crippen LogP contribution in [0.5, 0.6) is 0 Å². The highest BCUT2D eigenvalue weighted by Crippen LogP contribution is 2.21. The van der Waals surface area contributed by atoms with Gasteiger partial charge in [0.15, 0.2) is 0 Å². The van der Waals surface area contributed by atoms with Crippen LogP contribution in [0.4, 0.5) is 0 Å². The second-order valence-electron chi connectivity index (χ2n) is 3.30. The monoisotopic (exact) mass is 240 g/mol. The quantitative estimate of drug-likeness (QED) is 0.634. The number of benzene rings is 1. The predicted molar refractivity (Wildman–Crippen MR) is 64.4 cm³/mol. The number of aliphatic hydroxyl groups is 1. The Bertz CT molecular complexity index is 335. The van der Waals surface area contributed by atoms with Crippen molar-refractivity contribution in [1.82, 2.24) is 0 Å². The van der Waals surface area contributed by atoms with Crippen molar-refractivity contribution in [3.8, 4) is 0 Å². The fourth-order valence-electron chi connectivity index (χ4n) is 1.32. The molecule has 0 fully saturated rings. The van der Waals surface area contributed by atoms with Gasteiger partial charge in [-0.15, -0.1) is 11.8 Å². The Hall–Kier alpha value is -1.00. The summed E-state index contributed by atoms with van der Waals surface area (Å²) in [4.78, 5) is 12.3. The van der Waals surface area contributed by atoms with Crippen LogP contribution in [0.3, 0.4) is 0 Å². The number of esters is 1. The van der Waals surface area contributed by atoms with Crippen molar-refractivity contribution >= 4 is 17.7 Å². The molecule has 0 bridgehead atoms. The molecule has 88 valence electrons. The lowest BCUT2D eigenvalue weighted by Crippen LogP contribution is -2.09. The van der Waals surface area contributed by atoms with Gasteiger partial charge in [0.2, 0.25) is 0 Å². The maximum atomic E-state index is 11.2. The Morgan fingerprint density at radius 3 is 2.56 bits per heavy atom. The van der Waals surface area contributed by atoms with Gasteiger partial charge in [-0.25, -0.2) is 0 Å². The van der Waals surface area contributed by atoms with Crippen molar-refractivity contribution in [2.45, 2.75) is 24.3 Å². The maximum Gasteiger partial charge on any atom is 0.308 e. The molecule has 1 N–H and O–H groups in total. The van der Waals surface area contributed by atoms with E-state index in [1.165, 1.54) is 0 Å². The summed E-state index contributed by atoms with van der Waals surface area (Å²) in [7, 11) is 0. The van der Waals surface area contributed by atoms with Crippen molar-refractivity contribution in [1.29, 1.82) is 0 Å². The smallest absolute Gasteiger partial charge is 0.308 e. The molecule has 3 nitrogen and oxygen atoms in total. The van der Waals surface area contributed by atoms with Gasteiger partial charge in [-0.05, 0) is 30.9 Å². The van der Waals surface area contributed by atoms with E-state index in [9.17, 15) is 9.90 Å². The molecule has 0 saturated carbocycles. The number of hydrogen-bond donors (Lipinski definition) is 1. The third-order valence-corrected chi connectivity index (χ3v) is 2.91. The van der Waals surface area contributed by atoms with E-state index in [4.69, 9.17) is 4.74 Å². The molecule has 1 aromatic rings. The van der Waals surface area contributed by atoms with Crippen LogP contribution in [0.2, 0.25) is 0 Å². The van der Waals surface area contributed by atoms with Crippen LogP contribution in [0.15, 0.2) is 29.2 Å². The molecule has 0 aliphatic carbocycles. The van der Waals surface area contributed by atoms with Gasteiger partial charge in [-0.3, -0.25) is 4.79 Å². The van der Waals surface area contributed by atoms with Crippen molar-refractivity contribution in [3.63, 3.8) is 0 Å². The van der Waals surface area contributed by atoms with E-state index in [1.807, 2.05) is 30.5 Å². The zero-order valence-electron chi connectivity index (χ0n) is 9.47. The van der Waals surface area contributed by atoms with Crippen LogP contribution < -0.4 is 0 Å². The minimum Gasteiger partial charge on any atom is -0.466 e. The van der Waals surface area contributed by atoms with Crippen LogP contribution in [-0.2, 0) is 9.53 Å². The first-order chi connectivity index (χ1) is 7.67. The molecule has 4 heteroatoms. The van der Waals surface area contributed by atoms with Gasteiger partial charge >= 0.3 is 5.97 Å². The van der Waals surface area contributed by atoms with Gasteiger partial charge in [0.1, 0.15) is 0 Å². The summed E-state index contributed by atoms with van der Waals surface area (Å²) in [6, 6.07) is 7.51. The number of aliphatic hydroxyl groups excluding tert-OH is 1. The number of carbonyl (C=O) groups is 1. The number of thioether (sulfide) groups is 1. The van der Waals surface area contributed by atoms with E-state index in [0.717, 1.165) is 10.5 Å². The second-order valence-corrected chi connectivity index (χ2v) is 4.18. The van der Waals surface area contributed by atoms with Gasteiger partial charge in [0.05, 0.1) is 19.1 Å². The highest BCUT2D eigenvalue weighted by Gasteiger charge is 2.13. The number of rotatable bonds is 5. The van der Waals surface area contributed by atoms with E-state index >= 15 is 0 Å². The lowest BCUT2D eigenvalue weighted by Gasteiger charge is -2.10. The topological polar surface area (TPSA) is 46.5 Å². The Kier molecular flexibility index (Phi) is 5.35. The van der Waals surface area contributed by atoms with E-state index < -0.39 is 6.10 Å². The molecule has 1 atom stereocenters. The lowest BCUT2D eigenvalue weighted by atomic mass is 10.1. The molecule has 1 aromatic carbocycles. The van der Waals surface area contributed by atoms with Gasteiger partial charge in [-0.2, -0.15) is 0 Å². The molecular weight excluding hydrogens is 224 g/mol. The maximum absolute atomic E-state index is 11.2. The highest BCUT2D eigenvalue weighted by molar-refractivity contribution is 7.98. The summed E-state index contributed by atoms with van der Waals surface area (Å²) in [5.74, 6) is -0.371. The Labute approximate surface area is 99.8 Å². The first kappa shape index (κ1) is 13.1. The summed E-state index contributed by atoms with van der Waals surface area (Å²) in [6.45, 7) is 2.09. The molecule has 1 unspecified atom stereocenters. The average molecular weight is 240 g/mol. The molecule has 0 heterocycles. The van der Waals surface area contributed by atoms with Gasteiger partial charge in [-0.1, -0.05) is 12.1 Å². The van der Waals surface area contributed by atoms with Crippen LogP contribution in [-0.4, -0.2) is 23.9 Å². The zero-order valence-corrected chi connectivity index (χ0v) is 10.3. The molecule has 0 amide bonds. The number of hydrogen-bond acceptors (Lipinski definition) is 4. The first-order valence-corrected chi connectivity index (χ1v) is 6.37. The molecular formula is C12H16O3S. The molecule has 0 aliphatic rings. The van der Waals surface area contributed by atoms with Crippen molar-refractivity contribution < 1.29 is 14.6 Å². The van der Waals surface area contributed by atoms with Gasteiger partial charge < -0.3 is 9.84 Å². The molecule has 16 heavy (non-hydrogen) atoms. The summed E-state index contributed by atoms with van der Waals surface area (Å²) >= 11 is 1.64. The fraction of sp³-hybridized carbons (Fsp3) is 0.417. The Balaban J connectivity index is 2.58. The van der Waals surface area contributed by atoms with E-state index in [0.29, 0.717) is 6.61 Å². The summed E-state index contributed by atoms with van der Waals surface area (Å²) in [6.07, 6.45) is 1.21. The lowest BCUT2D eigenvalue weighted by molar-refractivity contribution is -0.145. The number of ether oxygens (including phenoxy) is 1. The SMILES string of the molecule is CCOC(=O)CC(O)c1ccc(SC)cc1. The standard InChI is InChI=1S/C12H16O3S/c1-3-15-12(14)8-11(13)9-4-6-10(16-2)7-5-9/h4-7,11,13H,3,8H2,1-2H3. The van der Waals surface area contributed by atoms with Crippen LogP contribution in [0.1, 0.15) is 25.0 Å². The van der Waals surface area contributed by atoms with E-state index in [-0.39, 0.29) is 12.4 Å². The summed E-state index contributed by atoms with van der Waals surface area (Å²) in [5.41, 5.74) is 0.742. The summed E-state index contributed by atoms with van der Waals surface area (Å²) in [5, 5.41) is 9.77. The predicted octanol–water partition coefficient (Wildman–Crippen LogP) is 2.40. The van der Waals surface area contributed by atoms with Crippen LogP contribution in [0.25, 0.3) is 0 Å². The van der Waals surface area contributed by atoms with Crippen LogP contribution >= 0.6 is 11.8 Å². The summed E-state index contributed by atoms with van der Waals surface area (Å²) < 4.78 is 4.78. The molecule has 0 aliphatic heterocycles. The van der Waals surface area contributed by atoms with Crippen molar-refractivity contribution in [2.75, 3.05) is 12.9 Å². The Morgan fingerprint density at radius 2 is 2.06 bits per heavy atom. The van der Waals surface area contributed by atoms with E-state index in [1.54, 1.807) is 18.7 Å². The molecule has 0 radical (unpaired) electrons. The normalized spacial score (nSPS) is 12.2.